The van der Waals surface area contributed by atoms with Gasteiger partial charge in [0.15, 0.2) is 0 Å². The smallest absolute Gasteiger partial charge is 0.260 e. The van der Waals surface area contributed by atoms with Gasteiger partial charge in [-0.1, -0.05) is 12.1 Å². The average molecular weight is 177 g/mol. The van der Waals surface area contributed by atoms with E-state index in [1.165, 1.54) is 0 Å². The summed E-state index contributed by atoms with van der Waals surface area (Å²) in [5.74, 6) is 0. The van der Waals surface area contributed by atoms with Crippen LogP contribution in [-0.4, -0.2) is 10.1 Å². The Balaban J connectivity index is 2.82. The van der Waals surface area contributed by atoms with Crippen LogP contribution in [0.25, 0.3) is 11.1 Å². The SMILES string of the molecule is CCc1noc2nc(C)cc(N)c12. The molecule has 0 aliphatic heterocycles. The molecule has 2 aromatic rings. The van der Waals surface area contributed by atoms with Crippen molar-refractivity contribution < 1.29 is 4.52 Å². The lowest BCUT2D eigenvalue weighted by Crippen LogP contribution is -1.91. The number of pyridine rings is 1. The third-order valence-corrected chi connectivity index (χ3v) is 2.01. The van der Waals surface area contributed by atoms with Crippen LogP contribution in [0, 0.1) is 6.92 Å². The molecule has 0 bridgehead atoms. The summed E-state index contributed by atoms with van der Waals surface area (Å²) in [5.41, 5.74) is 8.80. The first kappa shape index (κ1) is 8.04. The van der Waals surface area contributed by atoms with Gasteiger partial charge < -0.3 is 10.3 Å². The second-order valence-electron chi connectivity index (χ2n) is 3.02. The molecular weight excluding hydrogens is 166 g/mol. The molecule has 0 amide bonds. The lowest BCUT2D eigenvalue weighted by molar-refractivity contribution is 0.439. The molecule has 4 nitrogen and oxygen atoms in total. The number of fused-ring (bicyclic) bond motifs is 1. The number of nitrogen functional groups attached to an aromatic ring is 1. The van der Waals surface area contributed by atoms with Crippen molar-refractivity contribution in [3.63, 3.8) is 0 Å². The number of nitrogens with zero attached hydrogens (tertiary/aromatic N) is 2. The summed E-state index contributed by atoms with van der Waals surface area (Å²) in [6.45, 7) is 3.89. The predicted octanol–water partition coefficient (Wildman–Crippen LogP) is 1.68. The fourth-order valence-corrected chi connectivity index (χ4v) is 1.41. The molecule has 0 atom stereocenters. The number of hydrogen-bond acceptors (Lipinski definition) is 4. The zero-order valence-corrected chi connectivity index (χ0v) is 7.66. The van der Waals surface area contributed by atoms with Gasteiger partial charge in [-0.3, -0.25) is 0 Å². The fraction of sp³-hybridized carbons (Fsp3) is 0.333. The molecule has 0 radical (unpaired) electrons. The highest BCUT2D eigenvalue weighted by atomic mass is 16.5. The van der Waals surface area contributed by atoms with E-state index in [9.17, 15) is 0 Å². The van der Waals surface area contributed by atoms with E-state index < -0.39 is 0 Å². The first-order valence-corrected chi connectivity index (χ1v) is 4.23. The Labute approximate surface area is 75.7 Å². The van der Waals surface area contributed by atoms with E-state index in [4.69, 9.17) is 10.3 Å². The standard InChI is InChI=1S/C9H11N3O/c1-3-7-8-6(10)4-5(2)11-9(8)13-12-7/h4H,3H2,1-2H3,(H2,10,11). The number of aryl methyl sites for hydroxylation is 2. The highest BCUT2D eigenvalue weighted by Gasteiger charge is 2.11. The van der Waals surface area contributed by atoms with Crippen molar-refractivity contribution in [2.45, 2.75) is 20.3 Å². The summed E-state index contributed by atoms with van der Waals surface area (Å²) >= 11 is 0. The molecule has 0 saturated carbocycles. The van der Waals surface area contributed by atoms with Crippen molar-refractivity contribution in [2.75, 3.05) is 5.73 Å². The molecule has 0 unspecified atom stereocenters. The van der Waals surface area contributed by atoms with Gasteiger partial charge in [0.05, 0.1) is 11.1 Å². The summed E-state index contributed by atoms with van der Waals surface area (Å²) in [6, 6.07) is 1.83. The van der Waals surface area contributed by atoms with E-state index in [0.29, 0.717) is 11.4 Å². The van der Waals surface area contributed by atoms with Gasteiger partial charge in [0.1, 0.15) is 0 Å². The molecular formula is C9H11N3O. The maximum atomic E-state index is 5.84. The third-order valence-electron chi connectivity index (χ3n) is 2.01. The van der Waals surface area contributed by atoms with Crippen LogP contribution in [0.15, 0.2) is 10.6 Å². The molecule has 0 spiro atoms. The summed E-state index contributed by atoms with van der Waals surface area (Å²) in [6.07, 6.45) is 0.807. The van der Waals surface area contributed by atoms with E-state index in [0.717, 1.165) is 23.2 Å². The van der Waals surface area contributed by atoms with Crippen molar-refractivity contribution in [1.82, 2.24) is 10.1 Å². The minimum absolute atomic E-state index is 0.536. The topological polar surface area (TPSA) is 64.9 Å². The van der Waals surface area contributed by atoms with Crippen molar-refractivity contribution in [1.29, 1.82) is 0 Å². The normalized spacial score (nSPS) is 10.9. The second kappa shape index (κ2) is 2.73. The molecule has 68 valence electrons. The number of anilines is 1. The highest BCUT2D eigenvalue weighted by Crippen LogP contribution is 2.24. The minimum Gasteiger partial charge on any atom is -0.398 e. The van der Waals surface area contributed by atoms with Crippen molar-refractivity contribution in [3.05, 3.63) is 17.5 Å². The van der Waals surface area contributed by atoms with Gasteiger partial charge in [0.2, 0.25) is 0 Å². The van der Waals surface area contributed by atoms with Crippen LogP contribution < -0.4 is 5.73 Å². The van der Waals surface area contributed by atoms with Gasteiger partial charge in [0.25, 0.3) is 5.71 Å². The summed E-state index contributed by atoms with van der Waals surface area (Å²) in [4.78, 5) is 4.20. The van der Waals surface area contributed by atoms with E-state index in [1.807, 2.05) is 19.9 Å². The Morgan fingerprint density at radius 1 is 1.54 bits per heavy atom. The first-order valence-electron chi connectivity index (χ1n) is 4.23. The van der Waals surface area contributed by atoms with Gasteiger partial charge >= 0.3 is 0 Å². The van der Waals surface area contributed by atoms with Crippen molar-refractivity contribution in [2.24, 2.45) is 0 Å². The Kier molecular flexibility index (Phi) is 1.69. The molecule has 2 rings (SSSR count). The molecule has 0 aliphatic rings. The Morgan fingerprint density at radius 3 is 3.00 bits per heavy atom. The molecule has 0 aromatic carbocycles. The first-order chi connectivity index (χ1) is 6.22. The molecule has 0 saturated heterocycles. The Hall–Kier alpha value is -1.58. The number of aromatic nitrogens is 2. The Bertz CT molecular complexity index is 447. The molecule has 4 heteroatoms. The van der Waals surface area contributed by atoms with Crippen LogP contribution in [-0.2, 0) is 6.42 Å². The highest BCUT2D eigenvalue weighted by molar-refractivity contribution is 5.88. The number of rotatable bonds is 1. The molecule has 13 heavy (non-hydrogen) atoms. The molecule has 2 aromatic heterocycles. The quantitative estimate of drug-likeness (QED) is 0.719. The summed E-state index contributed by atoms with van der Waals surface area (Å²) in [5, 5.41) is 4.75. The number of nitrogens with two attached hydrogens (primary N) is 1. The lowest BCUT2D eigenvalue weighted by atomic mass is 10.2. The van der Waals surface area contributed by atoms with Crippen LogP contribution in [0.5, 0.6) is 0 Å². The zero-order chi connectivity index (χ0) is 9.42. The lowest BCUT2D eigenvalue weighted by Gasteiger charge is -1.96. The molecule has 0 aliphatic carbocycles. The van der Waals surface area contributed by atoms with Crippen molar-refractivity contribution >= 4 is 16.8 Å². The van der Waals surface area contributed by atoms with E-state index in [2.05, 4.69) is 10.1 Å². The fourth-order valence-electron chi connectivity index (χ4n) is 1.41. The van der Waals surface area contributed by atoms with Crippen LogP contribution in [0.4, 0.5) is 5.69 Å². The maximum Gasteiger partial charge on any atom is 0.260 e. The summed E-state index contributed by atoms with van der Waals surface area (Å²) < 4.78 is 5.06. The van der Waals surface area contributed by atoms with Crippen LogP contribution >= 0.6 is 0 Å². The molecule has 2 N–H and O–H groups in total. The van der Waals surface area contributed by atoms with E-state index >= 15 is 0 Å². The van der Waals surface area contributed by atoms with Crippen molar-refractivity contribution in [3.8, 4) is 0 Å². The van der Waals surface area contributed by atoms with Crippen LogP contribution in [0.2, 0.25) is 0 Å². The largest absolute Gasteiger partial charge is 0.398 e. The molecule has 2 heterocycles. The second-order valence-corrected chi connectivity index (χ2v) is 3.02. The van der Waals surface area contributed by atoms with Gasteiger partial charge in [-0.15, -0.1) is 0 Å². The maximum absolute atomic E-state index is 5.84. The van der Waals surface area contributed by atoms with Gasteiger partial charge in [-0.25, -0.2) is 4.98 Å². The predicted molar refractivity (Wildman–Crippen MR) is 50.3 cm³/mol. The monoisotopic (exact) mass is 177 g/mol. The molecule has 0 fully saturated rings. The van der Waals surface area contributed by atoms with Gasteiger partial charge in [-0.2, -0.15) is 0 Å². The zero-order valence-electron chi connectivity index (χ0n) is 7.66. The van der Waals surface area contributed by atoms with Crippen LogP contribution in [0.3, 0.4) is 0 Å². The summed E-state index contributed by atoms with van der Waals surface area (Å²) in [7, 11) is 0. The average Bonchev–Trinajstić information content (AvgIpc) is 2.47. The van der Waals surface area contributed by atoms with Crippen LogP contribution in [0.1, 0.15) is 18.3 Å². The third kappa shape index (κ3) is 1.14. The van der Waals surface area contributed by atoms with Gasteiger partial charge in [0, 0.05) is 11.4 Å². The van der Waals surface area contributed by atoms with E-state index in [1.54, 1.807) is 0 Å². The van der Waals surface area contributed by atoms with Gasteiger partial charge in [-0.05, 0) is 19.4 Å². The minimum atomic E-state index is 0.536. The van der Waals surface area contributed by atoms with E-state index in [-0.39, 0.29) is 0 Å². The number of hydrogen-bond donors (Lipinski definition) is 1. The Morgan fingerprint density at radius 2 is 2.31 bits per heavy atom.